The highest BCUT2D eigenvalue weighted by molar-refractivity contribution is 4.90. The molecular weight excluding hydrogens is 188 g/mol. The molecule has 3 nitrogen and oxygen atoms in total. The Morgan fingerprint density at radius 1 is 1.40 bits per heavy atom. The average Bonchev–Trinajstić information content (AvgIpc) is 2.65. The third kappa shape index (κ3) is 2.52. The molecule has 0 bridgehead atoms. The molecule has 0 radical (unpaired) electrons. The molecule has 0 saturated carbocycles. The zero-order valence-electron chi connectivity index (χ0n) is 10.3. The van der Waals surface area contributed by atoms with Crippen molar-refractivity contribution in [2.24, 2.45) is 0 Å². The molecule has 2 aliphatic rings. The summed E-state index contributed by atoms with van der Waals surface area (Å²) in [4.78, 5) is 5.26. The fraction of sp³-hybridized carbons (Fsp3) is 1.00. The van der Waals surface area contributed by atoms with Crippen LogP contribution in [0.15, 0.2) is 0 Å². The molecule has 2 rings (SSSR count). The molecule has 3 heteroatoms. The van der Waals surface area contributed by atoms with Crippen LogP contribution in [0.25, 0.3) is 0 Å². The van der Waals surface area contributed by atoms with Gasteiger partial charge in [0.25, 0.3) is 0 Å². The Kier molecular flexibility index (Phi) is 3.65. The van der Waals surface area contributed by atoms with Gasteiger partial charge in [0.05, 0.1) is 6.10 Å². The molecule has 15 heavy (non-hydrogen) atoms. The molecule has 0 N–H and O–H groups in total. The van der Waals surface area contributed by atoms with Crippen molar-refractivity contribution in [3.63, 3.8) is 0 Å². The molecule has 3 atom stereocenters. The predicted octanol–water partition coefficient (Wildman–Crippen LogP) is 1.19. The van der Waals surface area contributed by atoms with E-state index in [4.69, 9.17) is 4.74 Å². The van der Waals surface area contributed by atoms with Gasteiger partial charge in [0.15, 0.2) is 0 Å². The van der Waals surface area contributed by atoms with Crippen molar-refractivity contribution in [1.82, 2.24) is 9.80 Å². The average molecular weight is 212 g/mol. The van der Waals surface area contributed by atoms with Crippen LogP contribution in [0.2, 0.25) is 0 Å². The fourth-order valence-electron chi connectivity index (χ4n) is 2.91. The summed E-state index contributed by atoms with van der Waals surface area (Å²) >= 11 is 0. The first-order valence-electron chi connectivity index (χ1n) is 6.21. The van der Waals surface area contributed by atoms with E-state index in [9.17, 15) is 0 Å². The van der Waals surface area contributed by atoms with Gasteiger partial charge in [0.1, 0.15) is 0 Å². The molecule has 0 amide bonds. The first kappa shape index (κ1) is 11.4. The van der Waals surface area contributed by atoms with Gasteiger partial charge in [-0.15, -0.1) is 0 Å². The van der Waals surface area contributed by atoms with Crippen LogP contribution in [0.1, 0.15) is 26.7 Å². The lowest BCUT2D eigenvalue weighted by Gasteiger charge is -2.43. The van der Waals surface area contributed by atoms with E-state index >= 15 is 0 Å². The number of fused-ring (bicyclic) bond motifs is 1. The van der Waals surface area contributed by atoms with Gasteiger partial charge in [-0.1, -0.05) is 0 Å². The van der Waals surface area contributed by atoms with Crippen LogP contribution in [0.4, 0.5) is 0 Å². The number of piperazine rings is 1. The van der Waals surface area contributed by atoms with Crippen LogP contribution < -0.4 is 0 Å². The van der Waals surface area contributed by atoms with Crippen LogP contribution in [0.3, 0.4) is 0 Å². The molecule has 2 saturated heterocycles. The number of hydrogen-bond donors (Lipinski definition) is 0. The van der Waals surface area contributed by atoms with E-state index in [-0.39, 0.29) is 0 Å². The maximum absolute atomic E-state index is 5.36. The van der Waals surface area contributed by atoms with Crippen LogP contribution >= 0.6 is 0 Å². The van der Waals surface area contributed by atoms with E-state index in [0.717, 1.165) is 12.6 Å². The molecule has 0 spiro atoms. The van der Waals surface area contributed by atoms with Crippen molar-refractivity contribution < 1.29 is 4.74 Å². The van der Waals surface area contributed by atoms with Crippen molar-refractivity contribution in [3.8, 4) is 0 Å². The highest BCUT2D eigenvalue weighted by Crippen LogP contribution is 2.24. The topological polar surface area (TPSA) is 15.7 Å². The van der Waals surface area contributed by atoms with Crippen molar-refractivity contribution in [2.75, 3.05) is 33.3 Å². The first-order chi connectivity index (χ1) is 7.20. The van der Waals surface area contributed by atoms with Gasteiger partial charge in [-0.25, -0.2) is 0 Å². The normalized spacial score (nSPS) is 35.4. The predicted molar refractivity (Wildman–Crippen MR) is 62.1 cm³/mol. The minimum Gasteiger partial charge on any atom is -0.380 e. The third-order valence-corrected chi connectivity index (χ3v) is 3.96. The lowest BCUT2D eigenvalue weighted by Crippen LogP contribution is -2.56. The minimum atomic E-state index is 0.361. The second kappa shape index (κ2) is 4.81. The lowest BCUT2D eigenvalue weighted by molar-refractivity contribution is 0.0131. The van der Waals surface area contributed by atoms with Crippen LogP contribution in [-0.4, -0.2) is 61.3 Å². The maximum atomic E-state index is 5.36. The highest BCUT2D eigenvalue weighted by atomic mass is 16.5. The molecule has 3 unspecified atom stereocenters. The van der Waals surface area contributed by atoms with E-state index in [1.165, 1.54) is 32.5 Å². The number of ether oxygens (including phenoxy) is 1. The van der Waals surface area contributed by atoms with Gasteiger partial charge in [-0.05, 0) is 33.2 Å². The van der Waals surface area contributed by atoms with Crippen molar-refractivity contribution in [2.45, 2.75) is 44.9 Å². The smallest absolute Gasteiger partial charge is 0.0670 e. The van der Waals surface area contributed by atoms with E-state index in [1.54, 1.807) is 7.11 Å². The van der Waals surface area contributed by atoms with Crippen LogP contribution in [0.5, 0.6) is 0 Å². The van der Waals surface area contributed by atoms with Gasteiger partial charge < -0.3 is 4.74 Å². The monoisotopic (exact) mass is 212 g/mol. The van der Waals surface area contributed by atoms with Crippen LogP contribution in [-0.2, 0) is 4.74 Å². The van der Waals surface area contributed by atoms with Gasteiger partial charge in [0, 0.05) is 38.8 Å². The minimum absolute atomic E-state index is 0.361. The molecule has 0 aromatic heterocycles. The Hall–Kier alpha value is -0.120. The summed E-state index contributed by atoms with van der Waals surface area (Å²) in [6, 6.07) is 1.52. The summed E-state index contributed by atoms with van der Waals surface area (Å²) in [7, 11) is 1.81. The second-order valence-electron chi connectivity index (χ2n) is 5.14. The quantitative estimate of drug-likeness (QED) is 0.699. The van der Waals surface area contributed by atoms with Gasteiger partial charge in [0.2, 0.25) is 0 Å². The zero-order chi connectivity index (χ0) is 10.8. The van der Waals surface area contributed by atoms with Gasteiger partial charge in [-0.3, -0.25) is 9.80 Å². The van der Waals surface area contributed by atoms with E-state index < -0.39 is 0 Å². The number of rotatable bonds is 3. The van der Waals surface area contributed by atoms with E-state index in [1.807, 2.05) is 0 Å². The first-order valence-corrected chi connectivity index (χ1v) is 6.21. The Labute approximate surface area is 93.4 Å². The summed E-state index contributed by atoms with van der Waals surface area (Å²) in [6.45, 7) is 9.41. The molecule has 0 aliphatic carbocycles. The molecule has 0 aromatic carbocycles. The largest absolute Gasteiger partial charge is 0.380 e. The summed E-state index contributed by atoms with van der Waals surface area (Å²) in [5.74, 6) is 0. The molecular formula is C12H24N2O. The summed E-state index contributed by atoms with van der Waals surface area (Å²) in [5, 5.41) is 0. The lowest BCUT2D eigenvalue weighted by atomic mass is 10.1. The molecule has 0 aromatic rings. The standard InChI is InChI=1S/C12H24N2O/c1-10-7-13-6-4-5-12(13)9-14(10)8-11(2)15-3/h10-12H,4-9H2,1-3H3. The molecule has 88 valence electrons. The highest BCUT2D eigenvalue weighted by Gasteiger charge is 2.34. The number of hydrogen-bond acceptors (Lipinski definition) is 3. The Balaban J connectivity index is 1.89. The van der Waals surface area contributed by atoms with E-state index in [2.05, 4.69) is 23.6 Å². The third-order valence-electron chi connectivity index (χ3n) is 3.96. The van der Waals surface area contributed by atoms with Crippen molar-refractivity contribution in [3.05, 3.63) is 0 Å². The molecule has 2 aliphatic heterocycles. The van der Waals surface area contributed by atoms with Gasteiger partial charge >= 0.3 is 0 Å². The molecule has 2 heterocycles. The summed E-state index contributed by atoms with van der Waals surface area (Å²) in [5.41, 5.74) is 0. The van der Waals surface area contributed by atoms with Crippen molar-refractivity contribution in [1.29, 1.82) is 0 Å². The zero-order valence-corrected chi connectivity index (χ0v) is 10.3. The van der Waals surface area contributed by atoms with Crippen molar-refractivity contribution >= 4 is 0 Å². The Morgan fingerprint density at radius 2 is 2.20 bits per heavy atom. The second-order valence-corrected chi connectivity index (χ2v) is 5.14. The van der Waals surface area contributed by atoms with Crippen LogP contribution in [0, 0.1) is 0 Å². The fourth-order valence-corrected chi connectivity index (χ4v) is 2.91. The summed E-state index contributed by atoms with van der Waals surface area (Å²) in [6.07, 6.45) is 3.15. The summed E-state index contributed by atoms with van der Waals surface area (Å²) < 4.78 is 5.36. The van der Waals surface area contributed by atoms with E-state index in [0.29, 0.717) is 12.1 Å². The SMILES string of the molecule is COC(C)CN1CC2CCCN2CC1C. The number of nitrogens with zero attached hydrogens (tertiary/aromatic N) is 2. The molecule has 2 fully saturated rings. The number of methoxy groups -OCH3 is 1. The Morgan fingerprint density at radius 3 is 2.93 bits per heavy atom. The van der Waals surface area contributed by atoms with Gasteiger partial charge in [-0.2, -0.15) is 0 Å². The maximum Gasteiger partial charge on any atom is 0.0670 e. The Bertz CT molecular complexity index is 210.